The molecule has 2 aromatic rings. The molecule has 1 aromatic carbocycles. The summed E-state index contributed by atoms with van der Waals surface area (Å²) in [5, 5.41) is 0.591. The summed E-state index contributed by atoms with van der Waals surface area (Å²) in [4.78, 5) is 30.7. The Hall–Kier alpha value is -2.17. The fraction of sp³-hybridized carbons (Fsp3) is 0.438. The molecule has 0 radical (unpaired) electrons. The first-order valence-corrected chi connectivity index (χ1v) is 7.07. The highest BCUT2D eigenvalue weighted by molar-refractivity contribution is 5.79. The molecular formula is C16H21N3O2. The van der Waals surface area contributed by atoms with Gasteiger partial charge in [0.25, 0.3) is 5.56 Å². The predicted octanol–water partition coefficient (Wildman–Crippen LogP) is 2.11. The van der Waals surface area contributed by atoms with Crippen LogP contribution >= 0.6 is 0 Å². The van der Waals surface area contributed by atoms with Gasteiger partial charge in [0, 0.05) is 20.0 Å². The van der Waals surface area contributed by atoms with Crippen LogP contribution in [-0.4, -0.2) is 27.4 Å². The number of para-hydroxylation sites is 1. The SMILES string of the molecule is CC(C)C(=O)N(C)C(C)c1nc2ccccc2c(=O)n1C. The molecule has 0 fully saturated rings. The van der Waals surface area contributed by atoms with Crippen molar-refractivity contribution in [1.29, 1.82) is 0 Å². The minimum Gasteiger partial charge on any atom is -0.336 e. The Kier molecular flexibility index (Phi) is 4.11. The molecule has 2 rings (SSSR count). The van der Waals surface area contributed by atoms with Crippen LogP contribution in [0.5, 0.6) is 0 Å². The molecule has 0 saturated heterocycles. The second-order valence-corrected chi connectivity index (χ2v) is 5.63. The van der Waals surface area contributed by atoms with Crippen LogP contribution in [0, 0.1) is 5.92 Å². The van der Waals surface area contributed by atoms with Crippen LogP contribution in [0.1, 0.15) is 32.6 Å². The maximum atomic E-state index is 12.4. The Bertz CT molecular complexity index is 734. The fourth-order valence-electron chi connectivity index (χ4n) is 2.38. The average molecular weight is 287 g/mol. The monoisotopic (exact) mass is 287 g/mol. The molecule has 0 spiro atoms. The van der Waals surface area contributed by atoms with Gasteiger partial charge in [-0.1, -0.05) is 26.0 Å². The Labute approximate surface area is 124 Å². The molecule has 1 amide bonds. The predicted molar refractivity (Wildman–Crippen MR) is 83.0 cm³/mol. The van der Waals surface area contributed by atoms with Gasteiger partial charge in [-0.3, -0.25) is 14.2 Å². The number of hydrogen-bond donors (Lipinski definition) is 0. The molecule has 0 saturated carbocycles. The van der Waals surface area contributed by atoms with E-state index in [9.17, 15) is 9.59 Å². The zero-order valence-corrected chi connectivity index (χ0v) is 13.1. The Morgan fingerprint density at radius 3 is 2.48 bits per heavy atom. The van der Waals surface area contributed by atoms with E-state index in [4.69, 9.17) is 0 Å². The van der Waals surface area contributed by atoms with Gasteiger partial charge >= 0.3 is 0 Å². The van der Waals surface area contributed by atoms with Crippen LogP contribution < -0.4 is 5.56 Å². The topological polar surface area (TPSA) is 55.2 Å². The molecule has 0 aliphatic heterocycles. The molecule has 1 heterocycles. The highest BCUT2D eigenvalue weighted by Gasteiger charge is 2.23. The van der Waals surface area contributed by atoms with Gasteiger partial charge in [0.1, 0.15) is 5.82 Å². The van der Waals surface area contributed by atoms with Crippen LogP contribution in [0.3, 0.4) is 0 Å². The maximum Gasteiger partial charge on any atom is 0.261 e. The van der Waals surface area contributed by atoms with Crippen molar-refractivity contribution in [3.05, 3.63) is 40.4 Å². The molecule has 21 heavy (non-hydrogen) atoms. The standard InChI is InChI=1S/C16H21N3O2/c1-10(2)15(20)18(4)11(3)14-17-13-9-7-6-8-12(13)16(21)19(14)5/h6-11H,1-5H3. The van der Waals surface area contributed by atoms with E-state index in [2.05, 4.69) is 4.98 Å². The lowest BCUT2D eigenvalue weighted by atomic mass is 10.1. The number of aromatic nitrogens is 2. The second-order valence-electron chi connectivity index (χ2n) is 5.63. The first-order valence-electron chi connectivity index (χ1n) is 7.07. The van der Waals surface area contributed by atoms with Gasteiger partial charge in [0.2, 0.25) is 5.91 Å². The summed E-state index contributed by atoms with van der Waals surface area (Å²) >= 11 is 0. The van der Waals surface area contributed by atoms with Crippen LogP contribution in [-0.2, 0) is 11.8 Å². The van der Waals surface area contributed by atoms with Gasteiger partial charge < -0.3 is 4.90 Å². The Morgan fingerprint density at radius 2 is 1.86 bits per heavy atom. The highest BCUT2D eigenvalue weighted by atomic mass is 16.2. The number of amides is 1. The van der Waals surface area contributed by atoms with Crippen molar-refractivity contribution in [3.8, 4) is 0 Å². The van der Waals surface area contributed by atoms with Crippen molar-refractivity contribution in [2.75, 3.05) is 7.05 Å². The maximum absolute atomic E-state index is 12.4. The summed E-state index contributed by atoms with van der Waals surface area (Å²) in [6, 6.07) is 7.00. The Balaban J connectivity index is 2.54. The van der Waals surface area contributed by atoms with Gasteiger partial charge in [-0.25, -0.2) is 4.98 Å². The minimum atomic E-state index is -0.262. The third-order valence-electron chi connectivity index (χ3n) is 3.81. The highest BCUT2D eigenvalue weighted by Crippen LogP contribution is 2.19. The number of rotatable bonds is 3. The molecular weight excluding hydrogens is 266 g/mol. The second kappa shape index (κ2) is 5.68. The summed E-state index contributed by atoms with van der Waals surface area (Å²) in [5.41, 5.74) is 0.570. The van der Waals surface area contributed by atoms with E-state index < -0.39 is 0 Å². The normalized spacial score (nSPS) is 12.7. The van der Waals surface area contributed by atoms with Crippen LogP contribution in [0.15, 0.2) is 29.1 Å². The molecule has 0 bridgehead atoms. The van der Waals surface area contributed by atoms with E-state index in [1.807, 2.05) is 39.0 Å². The van der Waals surface area contributed by atoms with Gasteiger partial charge in [0.15, 0.2) is 0 Å². The van der Waals surface area contributed by atoms with Gasteiger partial charge in [-0.15, -0.1) is 0 Å². The number of carbonyl (C=O) groups excluding carboxylic acids is 1. The van der Waals surface area contributed by atoms with Gasteiger partial charge in [-0.2, -0.15) is 0 Å². The van der Waals surface area contributed by atoms with Crippen molar-refractivity contribution in [3.63, 3.8) is 0 Å². The first-order chi connectivity index (χ1) is 9.84. The zero-order valence-electron chi connectivity index (χ0n) is 13.1. The van der Waals surface area contributed by atoms with Crippen molar-refractivity contribution < 1.29 is 4.79 Å². The lowest BCUT2D eigenvalue weighted by molar-refractivity contribution is -0.135. The number of benzene rings is 1. The van der Waals surface area contributed by atoms with E-state index in [1.165, 1.54) is 4.57 Å². The largest absolute Gasteiger partial charge is 0.336 e. The third kappa shape index (κ3) is 2.68. The summed E-state index contributed by atoms with van der Waals surface area (Å²) in [5.74, 6) is 0.537. The molecule has 1 atom stereocenters. The molecule has 1 unspecified atom stereocenters. The van der Waals surface area contributed by atoms with E-state index in [1.54, 1.807) is 25.1 Å². The van der Waals surface area contributed by atoms with E-state index in [0.717, 1.165) is 0 Å². The number of fused-ring (bicyclic) bond motifs is 1. The summed E-state index contributed by atoms with van der Waals surface area (Å²) < 4.78 is 1.52. The van der Waals surface area contributed by atoms with Gasteiger partial charge in [-0.05, 0) is 19.1 Å². The van der Waals surface area contributed by atoms with Crippen molar-refractivity contribution >= 4 is 16.8 Å². The zero-order chi connectivity index (χ0) is 15.7. The minimum absolute atomic E-state index is 0.0323. The molecule has 5 heteroatoms. The average Bonchev–Trinajstić information content (AvgIpc) is 2.48. The van der Waals surface area contributed by atoms with Crippen LogP contribution in [0.4, 0.5) is 0 Å². The van der Waals surface area contributed by atoms with Crippen LogP contribution in [0.25, 0.3) is 10.9 Å². The fourth-order valence-corrected chi connectivity index (χ4v) is 2.38. The van der Waals surface area contributed by atoms with Crippen molar-refractivity contribution in [1.82, 2.24) is 14.5 Å². The Morgan fingerprint density at radius 1 is 1.24 bits per heavy atom. The smallest absolute Gasteiger partial charge is 0.261 e. The summed E-state index contributed by atoms with van der Waals surface area (Å²) in [6.45, 7) is 5.60. The molecule has 0 N–H and O–H groups in total. The number of nitrogens with zero attached hydrogens (tertiary/aromatic N) is 3. The molecule has 5 nitrogen and oxygen atoms in total. The quantitative estimate of drug-likeness (QED) is 0.868. The van der Waals surface area contributed by atoms with E-state index in [0.29, 0.717) is 16.7 Å². The third-order valence-corrected chi connectivity index (χ3v) is 3.81. The molecule has 1 aromatic heterocycles. The summed E-state index contributed by atoms with van der Waals surface area (Å²) in [6.07, 6.45) is 0. The van der Waals surface area contributed by atoms with Crippen molar-refractivity contribution in [2.24, 2.45) is 13.0 Å². The lowest BCUT2D eigenvalue weighted by Gasteiger charge is -2.27. The number of hydrogen-bond acceptors (Lipinski definition) is 3. The first kappa shape index (κ1) is 15.2. The van der Waals surface area contributed by atoms with Gasteiger partial charge in [0.05, 0.1) is 16.9 Å². The van der Waals surface area contributed by atoms with Crippen molar-refractivity contribution in [2.45, 2.75) is 26.8 Å². The lowest BCUT2D eigenvalue weighted by Crippen LogP contribution is -2.36. The molecule has 0 aliphatic carbocycles. The van der Waals surface area contributed by atoms with E-state index >= 15 is 0 Å². The van der Waals surface area contributed by atoms with E-state index in [-0.39, 0.29) is 23.4 Å². The number of carbonyl (C=O) groups is 1. The summed E-state index contributed by atoms with van der Waals surface area (Å²) in [7, 11) is 3.44. The van der Waals surface area contributed by atoms with Crippen LogP contribution in [0.2, 0.25) is 0 Å². The molecule has 112 valence electrons. The molecule has 0 aliphatic rings.